The molecule has 0 aromatic heterocycles. The first-order chi connectivity index (χ1) is 9.26. The molecule has 0 spiro atoms. The van der Waals surface area contributed by atoms with Crippen LogP contribution in [0.2, 0.25) is 0 Å². The van der Waals surface area contributed by atoms with Crippen LogP contribution in [0.3, 0.4) is 0 Å². The summed E-state index contributed by atoms with van der Waals surface area (Å²) in [6.07, 6.45) is 5.07. The highest BCUT2D eigenvalue weighted by atomic mass is 16.6. The van der Waals surface area contributed by atoms with Crippen molar-refractivity contribution < 1.29 is 14.3 Å². The van der Waals surface area contributed by atoms with Gasteiger partial charge in [0.2, 0.25) is 0 Å². The zero-order chi connectivity index (χ0) is 15.3. The second kappa shape index (κ2) is 6.33. The molecule has 4 nitrogen and oxygen atoms in total. The summed E-state index contributed by atoms with van der Waals surface area (Å²) in [5.41, 5.74) is 1.09. The van der Waals surface area contributed by atoms with Crippen molar-refractivity contribution in [1.29, 1.82) is 0 Å². The maximum absolute atomic E-state index is 11.9. The number of amides is 1. The van der Waals surface area contributed by atoms with Gasteiger partial charge >= 0.3 is 6.09 Å². The maximum atomic E-state index is 11.9. The van der Waals surface area contributed by atoms with E-state index < -0.39 is 5.60 Å². The molecule has 0 saturated heterocycles. The Morgan fingerprint density at radius 2 is 2.05 bits per heavy atom. The Bertz CT molecular complexity index is 524. The molecule has 0 N–H and O–H groups in total. The lowest BCUT2D eigenvalue weighted by Crippen LogP contribution is -2.33. The number of carbonyl (C=O) groups excluding carboxylic acids is 1. The number of nitrogens with zero attached hydrogens (tertiary/aromatic N) is 1. The number of carbonyl (C=O) groups is 1. The van der Waals surface area contributed by atoms with Crippen LogP contribution < -0.4 is 4.74 Å². The summed E-state index contributed by atoms with van der Waals surface area (Å²) in [7, 11) is 3.26. The van der Waals surface area contributed by atoms with Gasteiger partial charge in [0.15, 0.2) is 0 Å². The van der Waals surface area contributed by atoms with Crippen LogP contribution in [0.25, 0.3) is 0 Å². The highest BCUT2D eigenvalue weighted by molar-refractivity contribution is 5.67. The zero-order valence-electron chi connectivity index (χ0n) is 12.7. The van der Waals surface area contributed by atoms with E-state index in [2.05, 4.69) is 5.92 Å². The van der Waals surface area contributed by atoms with Gasteiger partial charge in [-0.15, -0.1) is 6.42 Å². The first-order valence-corrected chi connectivity index (χ1v) is 6.34. The van der Waals surface area contributed by atoms with Gasteiger partial charge in [-0.3, -0.25) is 0 Å². The van der Waals surface area contributed by atoms with E-state index >= 15 is 0 Å². The van der Waals surface area contributed by atoms with E-state index in [0.29, 0.717) is 17.9 Å². The summed E-state index contributed by atoms with van der Waals surface area (Å²) in [5, 5.41) is 0. The van der Waals surface area contributed by atoms with Crippen LogP contribution in [-0.4, -0.2) is 30.8 Å². The fraction of sp³-hybridized carbons (Fsp3) is 0.438. The lowest BCUT2D eigenvalue weighted by Gasteiger charge is -2.24. The van der Waals surface area contributed by atoms with Gasteiger partial charge in [0.25, 0.3) is 0 Å². The van der Waals surface area contributed by atoms with Crippen LogP contribution in [0.4, 0.5) is 4.79 Å². The number of methoxy groups -OCH3 is 1. The summed E-state index contributed by atoms with van der Waals surface area (Å²) in [4.78, 5) is 13.4. The number of rotatable bonds is 3. The van der Waals surface area contributed by atoms with Gasteiger partial charge in [-0.1, -0.05) is 12.0 Å². The molecule has 0 fully saturated rings. The Labute approximate surface area is 120 Å². The highest BCUT2D eigenvalue weighted by Crippen LogP contribution is 2.20. The zero-order valence-corrected chi connectivity index (χ0v) is 12.7. The van der Waals surface area contributed by atoms with E-state index in [1.165, 1.54) is 4.90 Å². The fourth-order valence-electron chi connectivity index (χ4n) is 1.64. The van der Waals surface area contributed by atoms with Crippen LogP contribution in [0.5, 0.6) is 5.75 Å². The van der Waals surface area contributed by atoms with Gasteiger partial charge in [-0.05, 0) is 38.5 Å². The monoisotopic (exact) mass is 275 g/mol. The summed E-state index contributed by atoms with van der Waals surface area (Å²) in [6, 6.07) is 5.51. The van der Waals surface area contributed by atoms with Crippen LogP contribution in [0.15, 0.2) is 18.2 Å². The van der Waals surface area contributed by atoms with Crippen molar-refractivity contribution >= 4 is 6.09 Å². The molecule has 1 amide bonds. The number of hydrogen-bond donors (Lipinski definition) is 0. The average Bonchev–Trinajstić information content (AvgIpc) is 2.36. The van der Waals surface area contributed by atoms with Gasteiger partial charge in [-0.2, -0.15) is 0 Å². The van der Waals surface area contributed by atoms with Crippen molar-refractivity contribution in [2.24, 2.45) is 0 Å². The van der Waals surface area contributed by atoms with Crippen LogP contribution >= 0.6 is 0 Å². The fourth-order valence-corrected chi connectivity index (χ4v) is 1.64. The second-order valence-corrected chi connectivity index (χ2v) is 5.52. The standard InChI is InChI=1S/C16H21NO3/c1-7-13-10-12(8-9-14(13)19-6)11-17(5)15(18)20-16(2,3)4/h1,8-10H,11H2,2-6H3. The summed E-state index contributed by atoms with van der Waals surface area (Å²) < 4.78 is 10.5. The predicted octanol–water partition coefficient (Wildman–Crippen LogP) is 3.04. The number of benzene rings is 1. The minimum atomic E-state index is -0.505. The number of terminal acetylenes is 1. The van der Waals surface area contributed by atoms with Crippen molar-refractivity contribution in [2.45, 2.75) is 32.9 Å². The Morgan fingerprint density at radius 1 is 1.40 bits per heavy atom. The summed E-state index contributed by atoms with van der Waals surface area (Å²) >= 11 is 0. The Balaban J connectivity index is 2.79. The summed E-state index contributed by atoms with van der Waals surface area (Å²) in [6.45, 7) is 5.93. The minimum Gasteiger partial charge on any atom is -0.495 e. The molecule has 0 heterocycles. The molecule has 0 saturated carbocycles. The molecular formula is C16H21NO3. The lowest BCUT2D eigenvalue weighted by molar-refractivity contribution is 0.0285. The average molecular weight is 275 g/mol. The number of ether oxygens (including phenoxy) is 2. The third-order valence-corrected chi connectivity index (χ3v) is 2.54. The van der Waals surface area contributed by atoms with Gasteiger partial charge < -0.3 is 14.4 Å². The van der Waals surface area contributed by atoms with Gasteiger partial charge in [0.1, 0.15) is 11.4 Å². The van der Waals surface area contributed by atoms with E-state index in [1.54, 1.807) is 20.2 Å². The van der Waals surface area contributed by atoms with Gasteiger partial charge in [-0.25, -0.2) is 4.79 Å². The molecule has 1 rings (SSSR count). The molecule has 4 heteroatoms. The SMILES string of the molecule is C#Cc1cc(CN(C)C(=O)OC(C)(C)C)ccc1OC. The van der Waals surface area contributed by atoms with Crippen molar-refractivity contribution in [3.8, 4) is 18.1 Å². The largest absolute Gasteiger partial charge is 0.495 e. The molecule has 0 atom stereocenters. The molecule has 0 radical (unpaired) electrons. The van der Waals surface area contributed by atoms with Crippen molar-refractivity contribution in [3.63, 3.8) is 0 Å². The van der Waals surface area contributed by atoms with E-state index in [1.807, 2.05) is 32.9 Å². The van der Waals surface area contributed by atoms with E-state index in [9.17, 15) is 4.79 Å². The molecule has 20 heavy (non-hydrogen) atoms. The molecule has 108 valence electrons. The maximum Gasteiger partial charge on any atom is 0.410 e. The first kappa shape index (κ1) is 15.9. The molecule has 1 aromatic rings. The molecule has 0 aliphatic carbocycles. The van der Waals surface area contributed by atoms with E-state index in [-0.39, 0.29) is 6.09 Å². The molecule has 1 aromatic carbocycles. The topological polar surface area (TPSA) is 38.8 Å². The highest BCUT2D eigenvalue weighted by Gasteiger charge is 2.19. The lowest BCUT2D eigenvalue weighted by atomic mass is 10.1. The van der Waals surface area contributed by atoms with Crippen molar-refractivity contribution in [3.05, 3.63) is 29.3 Å². The molecule has 0 aliphatic heterocycles. The second-order valence-electron chi connectivity index (χ2n) is 5.52. The Hall–Kier alpha value is -2.15. The van der Waals surface area contributed by atoms with Crippen LogP contribution in [-0.2, 0) is 11.3 Å². The van der Waals surface area contributed by atoms with Crippen LogP contribution in [0, 0.1) is 12.3 Å². The third-order valence-electron chi connectivity index (χ3n) is 2.54. The van der Waals surface area contributed by atoms with E-state index in [4.69, 9.17) is 15.9 Å². The molecular weight excluding hydrogens is 254 g/mol. The number of hydrogen-bond acceptors (Lipinski definition) is 3. The molecule has 0 bridgehead atoms. The Morgan fingerprint density at radius 3 is 2.55 bits per heavy atom. The van der Waals surface area contributed by atoms with Crippen molar-refractivity contribution in [1.82, 2.24) is 4.90 Å². The first-order valence-electron chi connectivity index (χ1n) is 6.34. The van der Waals surface area contributed by atoms with Gasteiger partial charge in [0.05, 0.1) is 12.7 Å². The molecule has 0 aliphatic rings. The van der Waals surface area contributed by atoms with E-state index in [0.717, 1.165) is 5.56 Å². The minimum absolute atomic E-state index is 0.365. The third kappa shape index (κ3) is 4.51. The predicted molar refractivity (Wildman–Crippen MR) is 78.6 cm³/mol. The molecule has 0 unspecified atom stereocenters. The smallest absolute Gasteiger partial charge is 0.410 e. The Kier molecular flexibility index (Phi) is 5.04. The quantitative estimate of drug-likeness (QED) is 0.796. The van der Waals surface area contributed by atoms with Crippen molar-refractivity contribution in [2.75, 3.05) is 14.2 Å². The normalized spacial score (nSPS) is 10.6. The van der Waals surface area contributed by atoms with Gasteiger partial charge in [0, 0.05) is 13.6 Å². The van der Waals surface area contributed by atoms with Crippen LogP contribution in [0.1, 0.15) is 31.9 Å². The summed E-state index contributed by atoms with van der Waals surface area (Å²) in [5.74, 6) is 3.22.